The Hall–Kier alpha value is -2.69. The monoisotopic (exact) mass is 818 g/mol. The van der Waals surface area contributed by atoms with Gasteiger partial charge in [0.1, 0.15) is 0 Å². The van der Waals surface area contributed by atoms with Gasteiger partial charge in [0.25, 0.3) is 0 Å². The predicted molar refractivity (Wildman–Crippen MR) is 262 cm³/mol. The summed E-state index contributed by atoms with van der Waals surface area (Å²) in [6.07, 6.45) is 74.0. The summed E-state index contributed by atoms with van der Waals surface area (Å²) in [6, 6.07) is -0.536. The van der Waals surface area contributed by atoms with Crippen molar-refractivity contribution in [2.75, 3.05) is 6.61 Å². The number of aliphatic hydroxyl groups is 2. The van der Waals surface area contributed by atoms with Crippen LogP contribution in [-0.2, 0) is 4.79 Å². The maximum atomic E-state index is 12.3. The molecule has 0 aliphatic heterocycles. The van der Waals surface area contributed by atoms with Gasteiger partial charge in [-0.25, -0.2) is 0 Å². The van der Waals surface area contributed by atoms with E-state index >= 15 is 0 Å². The zero-order valence-corrected chi connectivity index (χ0v) is 38.7. The molecule has 3 N–H and O–H groups in total. The smallest absolute Gasteiger partial charge is 0.220 e. The van der Waals surface area contributed by atoms with E-state index in [1.807, 2.05) is 0 Å². The number of allylic oxidation sites excluding steroid dienone is 16. The molecule has 59 heavy (non-hydrogen) atoms. The minimum absolute atomic E-state index is 0.0396. The highest BCUT2D eigenvalue weighted by molar-refractivity contribution is 5.76. The van der Waals surface area contributed by atoms with Crippen molar-refractivity contribution in [3.63, 3.8) is 0 Å². The first-order valence-corrected chi connectivity index (χ1v) is 24.9. The van der Waals surface area contributed by atoms with Crippen LogP contribution in [0.4, 0.5) is 0 Å². The van der Waals surface area contributed by atoms with Gasteiger partial charge in [-0.15, -0.1) is 0 Å². The number of nitrogens with one attached hydrogen (secondary N) is 1. The van der Waals surface area contributed by atoms with Gasteiger partial charge in [-0.2, -0.15) is 0 Å². The second-order valence-electron chi connectivity index (χ2n) is 16.5. The summed E-state index contributed by atoms with van der Waals surface area (Å²) in [5.74, 6) is -0.0396. The molecule has 0 aromatic carbocycles. The first-order valence-electron chi connectivity index (χ1n) is 24.9. The van der Waals surface area contributed by atoms with E-state index in [4.69, 9.17) is 0 Å². The minimum atomic E-state index is -0.658. The second-order valence-corrected chi connectivity index (χ2v) is 16.5. The Kier molecular flexibility index (Phi) is 47.4. The maximum Gasteiger partial charge on any atom is 0.220 e. The summed E-state index contributed by atoms with van der Waals surface area (Å²) in [5.41, 5.74) is 0. The molecule has 0 heterocycles. The van der Waals surface area contributed by atoms with Crippen LogP contribution in [0.3, 0.4) is 0 Å². The SMILES string of the molecule is CC/C=C\C/C=C\C/C=C\C/C=C\C/C=C\C/C=C\C/C=C\C/C=C\CCCCCCCCCCCCCCCCCCC(=O)NC(CO)C(O)CCCCCCCC. The summed E-state index contributed by atoms with van der Waals surface area (Å²) >= 11 is 0. The number of aliphatic hydroxyl groups excluding tert-OH is 2. The van der Waals surface area contributed by atoms with Crippen molar-refractivity contribution in [2.45, 2.75) is 238 Å². The Morgan fingerprint density at radius 2 is 0.746 bits per heavy atom. The van der Waals surface area contributed by atoms with Gasteiger partial charge in [0.05, 0.1) is 18.8 Å². The standard InChI is InChI=1S/C55H95NO3/c1-3-5-7-9-11-12-13-14-15-16-17-18-19-20-21-22-23-24-25-26-27-28-29-30-31-32-33-34-35-36-37-38-39-40-41-42-43-44-45-47-49-51-55(59)56-53(52-57)54(58)50-48-46-10-8-6-4-2/h5,7,11-12,14-15,17-18,20-21,23-24,26-27,29-30,53-54,57-58H,3-4,6,8-10,13,16,19,22,25,28,31-52H2,1-2H3,(H,56,59)/b7-5-,12-11-,15-14-,18-17-,21-20-,24-23-,27-26-,30-29-. The number of carbonyl (C=O) groups excluding carboxylic acids is 1. The maximum absolute atomic E-state index is 12.3. The first kappa shape index (κ1) is 56.3. The molecular weight excluding hydrogens is 723 g/mol. The zero-order valence-electron chi connectivity index (χ0n) is 38.7. The zero-order chi connectivity index (χ0) is 42.8. The van der Waals surface area contributed by atoms with E-state index in [9.17, 15) is 15.0 Å². The average Bonchev–Trinajstić information content (AvgIpc) is 3.24. The highest BCUT2D eigenvalue weighted by Gasteiger charge is 2.20. The van der Waals surface area contributed by atoms with E-state index in [2.05, 4.69) is 116 Å². The molecule has 0 fully saturated rings. The summed E-state index contributed by atoms with van der Waals surface area (Å²) in [7, 11) is 0. The van der Waals surface area contributed by atoms with Gasteiger partial charge >= 0.3 is 0 Å². The largest absolute Gasteiger partial charge is 0.394 e. The number of hydrogen-bond donors (Lipinski definition) is 3. The fourth-order valence-corrected chi connectivity index (χ4v) is 7.08. The molecule has 4 heteroatoms. The summed E-state index contributed by atoms with van der Waals surface area (Å²) < 4.78 is 0. The van der Waals surface area contributed by atoms with Crippen molar-refractivity contribution in [3.05, 3.63) is 97.2 Å². The van der Waals surface area contributed by atoms with Crippen LogP contribution in [0.2, 0.25) is 0 Å². The number of hydrogen-bond acceptors (Lipinski definition) is 3. The van der Waals surface area contributed by atoms with Gasteiger partial charge in [0, 0.05) is 6.42 Å². The number of carbonyl (C=O) groups is 1. The second kappa shape index (κ2) is 49.7. The van der Waals surface area contributed by atoms with Crippen LogP contribution in [0.1, 0.15) is 226 Å². The molecule has 0 saturated heterocycles. The number of amides is 1. The Labute approximate surface area is 366 Å². The van der Waals surface area contributed by atoms with Crippen LogP contribution >= 0.6 is 0 Å². The van der Waals surface area contributed by atoms with Gasteiger partial charge in [-0.05, 0) is 77.0 Å². The molecule has 0 spiro atoms. The summed E-state index contributed by atoms with van der Waals surface area (Å²) in [5, 5.41) is 22.9. The molecule has 1 amide bonds. The highest BCUT2D eigenvalue weighted by atomic mass is 16.3. The molecule has 2 atom stereocenters. The van der Waals surface area contributed by atoms with Gasteiger partial charge < -0.3 is 15.5 Å². The van der Waals surface area contributed by atoms with Crippen molar-refractivity contribution in [3.8, 4) is 0 Å². The molecule has 0 aliphatic carbocycles. The molecule has 4 nitrogen and oxygen atoms in total. The fraction of sp³-hybridized carbons (Fsp3) is 0.691. The van der Waals surface area contributed by atoms with Gasteiger partial charge in [-0.3, -0.25) is 4.79 Å². The van der Waals surface area contributed by atoms with Crippen molar-refractivity contribution in [2.24, 2.45) is 0 Å². The lowest BCUT2D eigenvalue weighted by atomic mass is 10.0. The normalized spacial score (nSPS) is 13.8. The van der Waals surface area contributed by atoms with E-state index in [1.54, 1.807) is 0 Å². The lowest BCUT2D eigenvalue weighted by molar-refractivity contribution is -0.123. The van der Waals surface area contributed by atoms with Crippen molar-refractivity contribution >= 4 is 5.91 Å². The fourth-order valence-electron chi connectivity index (χ4n) is 7.08. The van der Waals surface area contributed by atoms with Crippen molar-refractivity contribution in [1.29, 1.82) is 0 Å². The van der Waals surface area contributed by atoms with Crippen LogP contribution in [0.5, 0.6) is 0 Å². The van der Waals surface area contributed by atoms with Gasteiger partial charge in [0.15, 0.2) is 0 Å². The molecule has 0 aromatic heterocycles. The minimum Gasteiger partial charge on any atom is -0.394 e. The average molecular weight is 818 g/mol. The Morgan fingerprint density at radius 3 is 1.12 bits per heavy atom. The van der Waals surface area contributed by atoms with Crippen LogP contribution in [-0.4, -0.2) is 34.9 Å². The molecular formula is C55H95NO3. The topological polar surface area (TPSA) is 69.6 Å². The Bertz CT molecular complexity index is 1110. The number of unbranched alkanes of at least 4 members (excludes halogenated alkanes) is 21. The Balaban J connectivity index is 3.47. The quantitative estimate of drug-likeness (QED) is 0.0424. The van der Waals surface area contributed by atoms with E-state index in [0.717, 1.165) is 77.0 Å². The third kappa shape index (κ3) is 46.2. The molecule has 338 valence electrons. The van der Waals surface area contributed by atoms with Crippen molar-refractivity contribution < 1.29 is 15.0 Å². The molecule has 0 aromatic rings. The van der Waals surface area contributed by atoms with E-state index < -0.39 is 12.1 Å². The van der Waals surface area contributed by atoms with Crippen LogP contribution < -0.4 is 5.32 Å². The molecule has 0 saturated carbocycles. The molecule has 0 rings (SSSR count). The molecule has 2 unspecified atom stereocenters. The number of rotatable bonds is 44. The highest BCUT2D eigenvalue weighted by Crippen LogP contribution is 2.15. The molecule has 0 aliphatic rings. The van der Waals surface area contributed by atoms with Crippen LogP contribution in [0.25, 0.3) is 0 Å². The summed E-state index contributed by atoms with van der Waals surface area (Å²) in [4.78, 5) is 12.3. The van der Waals surface area contributed by atoms with Gasteiger partial charge in [-0.1, -0.05) is 239 Å². The van der Waals surface area contributed by atoms with Crippen LogP contribution in [0, 0.1) is 0 Å². The predicted octanol–water partition coefficient (Wildman–Crippen LogP) is 16.2. The third-order valence-corrected chi connectivity index (χ3v) is 10.9. The lowest BCUT2D eigenvalue weighted by Gasteiger charge is -2.22. The van der Waals surface area contributed by atoms with Gasteiger partial charge in [0.2, 0.25) is 5.91 Å². The lowest BCUT2D eigenvalue weighted by Crippen LogP contribution is -2.45. The van der Waals surface area contributed by atoms with E-state index in [-0.39, 0.29) is 12.5 Å². The van der Waals surface area contributed by atoms with E-state index in [1.165, 1.54) is 122 Å². The first-order chi connectivity index (χ1) is 29.2. The Morgan fingerprint density at radius 1 is 0.424 bits per heavy atom. The molecule has 0 radical (unpaired) electrons. The third-order valence-electron chi connectivity index (χ3n) is 10.9. The molecule has 0 bridgehead atoms. The van der Waals surface area contributed by atoms with Crippen molar-refractivity contribution in [1.82, 2.24) is 5.32 Å². The van der Waals surface area contributed by atoms with E-state index in [0.29, 0.717) is 12.8 Å². The summed E-state index contributed by atoms with van der Waals surface area (Å²) in [6.45, 7) is 4.18. The van der Waals surface area contributed by atoms with Crippen LogP contribution in [0.15, 0.2) is 97.2 Å².